The van der Waals surface area contributed by atoms with Gasteiger partial charge in [0.2, 0.25) is 11.8 Å². The van der Waals surface area contributed by atoms with Crippen molar-refractivity contribution in [2.75, 3.05) is 7.11 Å². The number of nitrogens with one attached hydrogen (secondary N) is 2. The van der Waals surface area contributed by atoms with Crippen molar-refractivity contribution in [1.29, 1.82) is 0 Å². The van der Waals surface area contributed by atoms with Crippen molar-refractivity contribution in [1.82, 2.24) is 19.9 Å². The highest BCUT2D eigenvalue weighted by Crippen LogP contribution is 2.16. The van der Waals surface area contributed by atoms with Crippen LogP contribution in [0, 0.1) is 4.77 Å². The van der Waals surface area contributed by atoms with E-state index in [1.54, 1.807) is 17.7 Å². The Hall–Kier alpha value is -1.89. The molecule has 0 aliphatic heterocycles. The molecule has 2 aromatic rings. The van der Waals surface area contributed by atoms with Crippen LogP contribution in [0.3, 0.4) is 0 Å². The lowest BCUT2D eigenvalue weighted by Gasteiger charge is -2.20. The van der Waals surface area contributed by atoms with Gasteiger partial charge >= 0.3 is 0 Å². The van der Waals surface area contributed by atoms with Crippen LogP contribution in [0.2, 0.25) is 0 Å². The zero-order valence-corrected chi connectivity index (χ0v) is 12.8. The maximum absolute atomic E-state index is 12.0. The number of fused-ring (bicyclic) bond motifs is 1. The number of imidazole rings is 1. The van der Waals surface area contributed by atoms with Crippen molar-refractivity contribution in [3.05, 3.63) is 16.9 Å². The van der Waals surface area contributed by atoms with Gasteiger partial charge in [-0.3, -0.25) is 9.36 Å². The van der Waals surface area contributed by atoms with Crippen LogP contribution in [0.5, 0.6) is 5.88 Å². The Kier molecular flexibility index (Phi) is 3.80. The van der Waals surface area contributed by atoms with E-state index in [-0.39, 0.29) is 18.0 Å². The summed E-state index contributed by atoms with van der Waals surface area (Å²) in [6.07, 6.45) is 0. The molecule has 2 aromatic heterocycles. The number of rotatable bonds is 3. The quantitative estimate of drug-likeness (QED) is 0.850. The molecule has 108 valence electrons. The van der Waals surface area contributed by atoms with E-state index >= 15 is 0 Å². The second-order valence-corrected chi connectivity index (χ2v) is 5.93. The monoisotopic (exact) mass is 294 g/mol. The fraction of sp³-hybridized carbons (Fsp3) is 0.462. The molecule has 0 fully saturated rings. The molecular weight excluding hydrogens is 276 g/mol. The first-order valence-corrected chi connectivity index (χ1v) is 6.65. The summed E-state index contributed by atoms with van der Waals surface area (Å²) in [6.45, 7) is 5.91. The summed E-state index contributed by atoms with van der Waals surface area (Å²) < 4.78 is 7.22. The summed E-state index contributed by atoms with van der Waals surface area (Å²) >= 11 is 5.24. The number of nitrogens with zero attached hydrogens (tertiary/aromatic N) is 2. The molecule has 7 heteroatoms. The number of carbonyl (C=O) groups excluding carboxylic acids is 1. The number of amides is 1. The summed E-state index contributed by atoms with van der Waals surface area (Å²) in [4.78, 5) is 19.4. The third kappa shape index (κ3) is 3.16. The molecule has 0 bridgehead atoms. The topological polar surface area (TPSA) is 71.9 Å². The number of methoxy groups -OCH3 is 1. The van der Waals surface area contributed by atoms with E-state index in [4.69, 9.17) is 17.0 Å². The Morgan fingerprint density at radius 2 is 2.20 bits per heavy atom. The predicted molar refractivity (Wildman–Crippen MR) is 79.4 cm³/mol. The van der Waals surface area contributed by atoms with E-state index in [0.717, 1.165) is 5.52 Å². The maximum Gasteiger partial charge on any atom is 0.240 e. The molecular formula is C13H18N4O2S. The molecule has 0 unspecified atom stereocenters. The Bertz CT molecular complexity index is 696. The molecule has 2 N–H and O–H groups in total. The lowest BCUT2D eigenvalue weighted by atomic mass is 10.1. The second-order valence-electron chi connectivity index (χ2n) is 5.54. The molecule has 0 radical (unpaired) electrons. The van der Waals surface area contributed by atoms with Crippen LogP contribution < -0.4 is 10.1 Å². The molecule has 0 aliphatic rings. The van der Waals surface area contributed by atoms with E-state index in [1.807, 2.05) is 26.8 Å². The van der Waals surface area contributed by atoms with Crippen LogP contribution >= 0.6 is 12.2 Å². The third-order valence-electron chi connectivity index (χ3n) is 2.62. The Labute approximate surface area is 122 Å². The lowest BCUT2D eigenvalue weighted by Crippen LogP contribution is -2.42. The predicted octanol–water partition coefficient (Wildman–Crippen LogP) is 2.02. The van der Waals surface area contributed by atoms with Crippen molar-refractivity contribution in [3.8, 4) is 5.88 Å². The number of ether oxygens (including phenoxy) is 1. The van der Waals surface area contributed by atoms with E-state index < -0.39 is 0 Å². The Morgan fingerprint density at radius 3 is 2.80 bits per heavy atom. The molecule has 0 saturated heterocycles. The van der Waals surface area contributed by atoms with Crippen LogP contribution in [0.15, 0.2) is 12.1 Å². The number of aromatic amines is 1. The van der Waals surface area contributed by atoms with E-state index in [1.165, 1.54) is 0 Å². The maximum atomic E-state index is 12.0. The van der Waals surface area contributed by atoms with Gasteiger partial charge in [-0.2, -0.15) is 4.98 Å². The van der Waals surface area contributed by atoms with Crippen LogP contribution in [0.25, 0.3) is 11.2 Å². The number of hydrogen-bond acceptors (Lipinski definition) is 4. The SMILES string of the molecule is COc1ccc2[nH]c(=S)n(CC(=O)NC(C)(C)C)c2n1. The molecule has 6 nitrogen and oxygen atoms in total. The third-order valence-corrected chi connectivity index (χ3v) is 2.94. The molecule has 0 spiro atoms. The summed E-state index contributed by atoms with van der Waals surface area (Å²) in [5.41, 5.74) is 1.11. The van der Waals surface area contributed by atoms with E-state index in [2.05, 4.69) is 15.3 Å². The first-order chi connectivity index (χ1) is 9.30. The average Bonchev–Trinajstić information content (AvgIpc) is 2.63. The normalized spacial score (nSPS) is 11.6. The van der Waals surface area contributed by atoms with Gasteiger partial charge in [-0.15, -0.1) is 0 Å². The van der Waals surface area contributed by atoms with Gasteiger partial charge in [-0.05, 0) is 39.1 Å². The minimum Gasteiger partial charge on any atom is -0.481 e. The summed E-state index contributed by atoms with van der Waals surface area (Å²) in [5, 5.41) is 2.90. The number of H-pyrrole nitrogens is 1. The van der Waals surface area contributed by atoms with Crippen molar-refractivity contribution >= 4 is 29.3 Å². The van der Waals surface area contributed by atoms with Gasteiger partial charge in [0.1, 0.15) is 6.54 Å². The Balaban J connectivity index is 2.36. The average molecular weight is 294 g/mol. The van der Waals surface area contributed by atoms with E-state index in [9.17, 15) is 4.79 Å². The van der Waals surface area contributed by atoms with Crippen LogP contribution in [0.4, 0.5) is 0 Å². The Morgan fingerprint density at radius 1 is 1.50 bits per heavy atom. The van der Waals surface area contributed by atoms with Crippen molar-refractivity contribution in [3.63, 3.8) is 0 Å². The molecule has 0 aliphatic carbocycles. The highest BCUT2D eigenvalue weighted by atomic mass is 32.1. The minimum atomic E-state index is -0.281. The van der Waals surface area contributed by atoms with Gasteiger partial charge in [-0.25, -0.2) is 0 Å². The zero-order valence-electron chi connectivity index (χ0n) is 12.0. The number of hydrogen-bond donors (Lipinski definition) is 2. The summed E-state index contributed by atoms with van der Waals surface area (Å²) in [5.74, 6) is 0.371. The van der Waals surface area contributed by atoms with Gasteiger partial charge in [0, 0.05) is 11.6 Å². The molecule has 2 heterocycles. The number of carbonyl (C=O) groups is 1. The largest absolute Gasteiger partial charge is 0.481 e. The number of aromatic nitrogens is 3. The highest BCUT2D eigenvalue weighted by molar-refractivity contribution is 7.71. The van der Waals surface area contributed by atoms with Crippen LogP contribution in [-0.2, 0) is 11.3 Å². The lowest BCUT2D eigenvalue weighted by molar-refractivity contribution is -0.123. The van der Waals surface area contributed by atoms with Crippen molar-refractivity contribution in [2.45, 2.75) is 32.9 Å². The highest BCUT2D eigenvalue weighted by Gasteiger charge is 2.16. The van der Waals surface area contributed by atoms with Crippen molar-refractivity contribution < 1.29 is 9.53 Å². The fourth-order valence-electron chi connectivity index (χ4n) is 1.87. The number of pyridine rings is 1. The summed E-state index contributed by atoms with van der Waals surface area (Å²) in [7, 11) is 1.55. The van der Waals surface area contributed by atoms with Gasteiger partial charge in [0.15, 0.2) is 10.4 Å². The second kappa shape index (κ2) is 5.24. The van der Waals surface area contributed by atoms with Gasteiger partial charge in [-0.1, -0.05) is 0 Å². The first-order valence-electron chi connectivity index (χ1n) is 6.25. The molecule has 0 aromatic carbocycles. The van der Waals surface area contributed by atoms with Crippen LogP contribution in [-0.4, -0.2) is 33.1 Å². The minimum absolute atomic E-state index is 0.112. The van der Waals surface area contributed by atoms with Crippen LogP contribution in [0.1, 0.15) is 20.8 Å². The van der Waals surface area contributed by atoms with Gasteiger partial charge in [0.05, 0.1) is 12.6 Å². The van der Waals surface area contributed by atoms with Crippen molar-refractivity contribution in [2.24, 2.45) is 0 Å². The summed E-state index contributed by atoms with van der Waals surface area (Å²) in [6, 6.07) is 3.57. The molecule has 20 heavy (non-hydrogen) atoms. The fourth-order valence-corrected chi connectivity index (χ4v) is 2.14. The smallest absolute Gasteiger partial charge is 0.240 e. The molecule has 2 rings (SSSR count). The first kappa shape index (κ1) is 14.5. The van der Waals surface area contributed by atoms with Gasteiger partial charge < -0.3 is 15.0 Å². The molecule has 0 atom stereocenters. The van der Waals surface area contributed by atoms with Gasteiger partial charge in [0.25, 0.3) is 0 Å². The zero-order chi connectivity index (χ0) is 14.9. The van der Waals surface area contributed by atoms with E-state index in [0.29, 0.717) is 16.3 Å². The molecule has 1 amide bonds. The standard InChI is InChI=1S/C13H18N4O2S/c1-13(2,3)16-9(18)7-17-11-8(14-12(17)20)5-6-10(15-11)19-4/h5-6H,7H2,1-4H3,(H,14,20)(H,16,18). The molecule has 0 saturated carbocycles.